The molecule has 0 atom stereocenters. The van der Waals surface area contributed by atoms with E-state index in [-0.39, 0.29) is 12.5 Å². The van der Waals surface area contributed by atoms with Crippen LogP contribution in [0, 0.1) is 0 Å². The van der Waals surface area contributed by atoms with Crippen LogP contribution in [0.4, 0.5) is 0 Å². The first-order chi connectivity index (χ1) is 8.88. The van der Waals surface area contributed by atoms with Gasteiger partial charge in [0.2, 0.25) is 0 Å². The molecule has 0 radical (unpaired) electrons. The summed E-state index contributed by atoms with van der Waals surface area (Å²) in [6, 6.07) is 5.32. The Morgan fingerprint density at radius 2 is 2.00 bits per heavy atom. The Bertz CT molecular complexity index is 600. The van der Waals surface area contributed by atoms with Crippen LogP contribution in [0.25, 0.3) is 11.0 Å². The second-order valence-corrected chi connectivity index (χ2v) is 5.20. The number of nitrogens with zero attached hydrogens (tertiary/aromatic N) is 3. The normalized spacial score (nSPS) is 11.6. The van der Waals surface area contributed by atoms with Gasteiger partial charge in [-0.3, -0.25) is 14.8 Å². The molecule has 0 saturated heterocycles. The zero-order valence-corrected chi connectivity index (χ0v) is 11.3. The van der Waals surface area contributed by atoms with Crippen molar-refractivity contribution in [3.63, 3.8) is 0 Å². The van der Waals surface area contributed by atoms with Crippen molar-refractivity contribution >= 4 is 16.9 Å². The summed E-state index contributed by atoms with van der Waals surface area (Å²) in [6.07, 6.45) is 3.16. The molecule has 1 N–H and O–H groups in total. The van der Waals surface area contributed by atoms with Gasteiger partial charge >= 0.3 is 0 Å². The van der Waals surface area contributed by atoms with Crippen molar-refractivity contribution in [1.29, 1.82) is 0 Å². The third-order valence-corrected chi connectivity index (χ3v) is 2.70. The molecule has 0 aliphatic rings. The molecule has 1 aromatic heterocycles. The lowest BCUT2D eigenvalue weighted by atomic mass is 10.1. The molecule has 0 spiro atoms. The fourth-order valence-corrected chi connectivity index (χ4v) is 2.02. The minimum Gasteiger partial charge on any atom is -0.389 e. The topological polar surface area (TPSA) is 66.3 Å². The molecule has 0 saturated carbocycles. The quantitative estimate of drug-likeness (QED) is 0.906. The molecule has 1 aromatic carbocycles. The van der Waals surface area contributed by atoms with Crippen molar-refractivity contribution in [3.05, 3.63) is 36.2 Å². The molecule has 19 heavy (non-hydrogen) atoms. The monoisotopic (exact) mass is 259 g/mol. The molecule has 0 aliphatic carbocycles. The van der Waals surface area contributed by atoms with E-state index in [1.807, 2.05) is 6.07 Å². The molecular formula is C14H17N3O2. The van der Waals surface area contributed by atoms with Gasteiger partial charge in [-0.25, -0.2) is 0 Å². The van der Waals surface area contributed by atoms with Crippen LogP contribution in [0.5, 0.6) is 0 Å². The first-order valence-corrected chi connectivity index (χ1v) is 6.06. The van der Waals surface area contributed by atoms with Crippen molar-refractivity contribution in [2.75, 3.05) is 13.6 Å². The van der Waals surface area contributed by atoms with Crippen LogP contribution in [0.3, 0.4) is 0 Å². The Balaban J connectivity index is 2.36. The molecule has 5 nitrogen and oxygen atoms in total. The number of fused-ring (bicyclic) bond motifs is 1. The van der Waals surface area contributed by atoms with E-state index in [2.05, 4.69) is 9.97 Å². The van der Waals surface area contributed by atoms with Crippen molar-refractivity contribution in [2.45, 2.75) is 19.4 Å². The van der Waals surface area contributed by atoms with Crippen molar-refractivity contribution in [3.8, 4) is 0 Å². The average molecular weight is 259 g/mol. The lowest BCUT2D eigenvalue weighted by molar-refractivity contribution is 0.0369. The van der Waals surface area contributed by atoms with E-state index in [1.54, 1.807) is 45.4 Å². The predicted octanol–water partition coefficient (Wildman–Crippen LogP) is 1.47. The molecule has 0 bridgehead atoms. The number of benzene rings is 1. The molecule has 1 amide bonds. The third-order valence-electron chi connectivity index (χ3n) is 2.70. The fourth-order valence-electron chi connectivity index (χ4n) is 2.02. The summed E-state index contributed by atoms with van der Waals surface area (Å²) in [6.45, 7) is 3.59. The maximum absolute atomic E-state index is 12.4. The van der Waals surface area contributed by atoms with E-state index in [1.165, 1.54) is 4.90 Å². The predicted molar refractivity (Wildman–Crippen MR) is 72.8 cm³/mol. The highest BCUT2D eigenvalue weighted by molar-refractivity contribution is 6.04. The van der Waals surface area contributed by atoms with Gasteiger partial charge in [0.1, 0.15) is 5.52 Å². The number of hydrogen-bond acceptors (Lipinski definition) is 4. The number of para-hydroxylation sites is 1. The van der Waals surface area contributed by atoms with Crippen LogP contribution >= 0.6 is 0 Å². The number of likely N-dealkylation sites (N-methyl/N-ethyl adjacent to an activating group) is 1. The van der Waals surface area contributed by atoms with Gasteiger partial charge in [0.15, 0.2) is 0 Å². The van der Waals surface area contributed by atoms with Gasteiger partial charge in [0.05, 0.1) is 16.7 Å². The molecule has 1 heterocycles. The smallest absolute Gasteiger partial charge is 0.255 e. The summed E-state index contributed by atoms with van der Waals surface area (Å²) >= 11 is 0. The largest absolute Gasteiger partial charge is 0.389 e. The summed E-state index contributed by atoms with van der Waals surface area (Å²) in [5.74, 6) is -0.173. The number of rotatable bonds is 3. The van der Waals surface area contributed by atoms with E-state index >= 15 is 0 Å². The highest BCUT2D eigenvalue weighted by Gasteiger charge is 2.21. The van der Waals surface area contributed by atoms with Crippen molar-refractivity contribution < 1.29 is 9.90 Å². The van der Waals surface area contributed by atoms with E-state index in [0.717, 1.165) is 0 Å². The van der Waals surface area contributed by atoms with Crippen LogP contribution in [0.2, 0.25) is 0 Å². The number of carbonyl (C=O) groups is 1. The van der Waals surface area contributed by atoms with Crippen LogP contribution in [-0.4, -0.2) is 45.1 Å². The first kappa shape index (κ1) is 13.4. The first-order valence-electron chi connectivity index (χ1n) is 6.06. The Morgan fingerprint density at radius 1 is 1.32 bits per heavy atom. The van der Waals surface area contributed by atoms with Gasteiger partial charge in [0, 0.05) is 26.0 Å². The number of aliphatic hydroxyl groups is 1. The Kier molecular flexibility index (Phi) is 3.48. The summed E-state index contributed by atoms with van der Waals surface area (Å²) < 4.78 is 0. The molecule has 2 aromatic rings. The maximum Gasteiger partial charge on any atom is 0.255 e. The number of hydrogen-bond donors (Lipinski definition) is 1. The molecule has 5 heteroatoms. The SMILES string of the molecule is CN(CC(C)(C)O)C(=O)c1cccc2nccnc12. The van der Waals surface area contributed by atoms with Crippen LogP contribution in [-0.2, 0) is 0 Å². The lowest BCUT2D eigenvalue weighted by Gasteiger charge is -2.25. The Morgan fingerprint density at radius 3 is 2.68 bits per heavy atom. The van der Waals surface area contributed by atoms with Gasteiger partial charge < -0.3 is 10.0 Å². The standard InChI is InChI=1S/C14H17N3O2/c1-14(2,19)9-17(3)13(18)10-5-4-6-11-12(10)16-8-7-15-11/h4-8,19H,9H2,1-3H3. The average Bonchev–Trinajstić information content (AvgIpc) is 2.35. The molecule has 2 rings (SSSR count). The third kappa shape index (κ3) is 3.06. The van der Waals surface area contributed by atoms with E-state index < -0.39 is 5.60 Å². The number of aromatic nitrogens is 2. The highest BCUT2D eigenvalue weighted by atomic mass is 16.3. The highest BCUT2D eigenvalue weighted by Crippen LogP contribution is 2.16. The second-order valence-electron chi connectivity index (χ2n) is 5.20. The van der Waals surface area contributed by atoms with Gasteiger partial charge in [-0.15, -0.1) is 0 Å². The van der Waals surface area contributed by atoms with E-state index in [4.69, 9.17) is 0 Å². The fraction of sp³-hybridized carbons (Fsp3) is 0.357. The summed E-state index contributed by atoms with van der Waals surface area (Å²) in [4.78, 5) is 22.3. The van der Waals surface area contributed by atoms with Crippen LogP contribution in [0.15, 0.2) is 30.6 Å². The van der Waals surface area contributed by atoms with Gasteiger partial charge in [-0.05, 0) is 26.0 Å². The second kappa shape index (κ2) is 4.93. The van der Waals surface area contributed by atoms with E-state index in [9.17, 15) is 9.90 Å². The molecule has 0 fully saturated rings. The zero-order valence-electron chi connectivity index (χ0n) is 11.3. The van der Waals surface area contributed by atoms with Crippen LogP contribution in [0.1, 0.15) is 24.2 Å². The summed E-state index contributed by atoms with van der Waals surface area (Å²) in [5.41, 5.74) is 0.834. The Labute approximate surface area is 111 Å². The number of amides is 1. The van der Waals surface area contributed by atoms with Gasteiger partial charge in [0.25, 0.3) is 5.91 Å². The van der Waals surface area contributed by atoms with Gasteiger partial charge in [-0.1, -0.05) is 6.07 Å². The lowest BCUT2D eigenvalue weighted by Crippen LogP contribution is -2.39. The van der Waals surface area contributed by atoms with Crippen LogP contribution < -0.4 is 0 Å². The van der Waals surface area contributed by atoms with Crippen molar-refractivity contribution in [1.82, 2.24) is 14.9 Å². The Hall–Kier alpha value is -2.01. The summed E-state index contributed by atoms with van der Waals surface area (Å²) in [5, 5.41) is 9.78. The summed E-state index contributed by atoms with van der Waals surface area (Å²) in [7, 11) is 1.66. The maximum atomic E-state index is 12.4. The minimum atomic E-state index is -0.930. The molecule has 0 aliphatic heterocycles. The van der Waals surface area contributed by atoms with E-state index in [0.29, 0.717) is 16.6 Å². The van der Waals surface area contributed by atoms with Crippen molar-refractivity contribution in [2.24, 2.45) is 0 Å². The molecule has 100 valence electrons. The molecule has 0 unspecified atom stereocenters. The molecular weight excluding hydrogens is 242 g/mol. The minimum absolute atomic E-state index is 0.173. The zero-order chi connectivity index (χ0) is 14.0. The van der Waals surface area contributed by atoms with Gasteiger partial charge in [-0.2, -0.15) is 0 Å². The number of carbonyl (C=O) groups excluding carboxylic acids is 1.